The molecule has 0 bridgehead atoms. The zero-order valence-corrected chi connectivity index (χ0v) is 11.1. The summed E-state index contributed by atoms with van der Waals surface area (Å²) in [6.07, 6.45) is 1.30. The van der Waals surface area contributed by atoms with Gasteiger partial charge >= 0.3 is 7.60 Å². The monoisotopic (exact) mass is 272 g/mol. The van der Waals surface area contributed by atoms with Crippen LogP contribution < -0.4 is 0 Å². The maximum atomic E-state index is 12.2. The third kappa shape index (κ3) is 3.25. The lowest BCUT2D eigenvalue weighted by Gasteiger charge is -2.27. The van der Waals surface area contributed by atoms with Gasteiger partial charge in [0.1, 0.15) is 11.5 Å². The van der Waals surface area contributed by atoms with Crippen molar-refractivity contribution in [3.8, 4) is 11.5 Å². The lowest BCUT2D eigenvalue weighted by Crippen LogP contribution is -2.19. The molecule has 1 saturated heterocycles. The van der Waals surface area contributed by atoms with Gasteiger partial charge < -0.3 is 19.3 Å². The fourth-order valence-corrected chi connectivity index (χ4v) is 3.70. The molecule has 1 aliphatic rings. The van der Waals surface area contributed by atoms with Crippen molar-refractivity contribution >= 4 is 7.60 Å². The predicted molar refractivity (Wildman–Crippen MR) is 67.1 cm³/mol. The highest BCUT2D eigenvalue weighted by Gasteiger charge is 2.31. The SMILES string of the molecule is CC1CCOP(=O)(CCc2ccc(O)cc2O)O1. The molecule has 18 heavy (non-hydrogen) atoms. The van der Waals surface area contributed by atoms with Crippen molar-refractivity contribution in [2.24, 2.45) is 0 Å². The van der Waals surface area contributed by atoms with Gasteiger partial charge in [0.15, 0.2) is 0 Å². The van der Waals surface area contributed by atoms with Crippen LogP contribution >= 0.6 is 7.60 Å². The highest BCUT2D eigenvalue weighted by molar-refractivity contribution is 7.53. The lowest BCUT2D eigenvalue weighted by molar-refractivity contribution is 0.0926. The first-order chi connectivity index (χ1) is 8.48. The van der Waals surface area contributed by atoms with Crippen molar-refractivity contribution in [1.29, 1.82) is 0 Å². The Hall–Kier alpha value is -1.03. The average Bonchev–Trinajstić information content (AvgIpc) is 2.27. The van der Waals surface area contributed by atoms with Gasteiger partial charge in [0.2, 0.25) is 0 Å². The Balaban J connectivity index is 2.00. The quantitative estimate of drug-likeness (QED) is 0.827. The van der Waals surface area contributed by atoms with E-state index in [2.05, 4.69) is 0 Å². The number of aryl methyl sites for hydroxylation is 1. The molecule has 0 spiro atoms. The highest BCUT2D eigenvalue weighted by Crippen LogP contribution is 2.52. The first-order valence-corrected chi connectivity index (χ1v) is 7.64. The Morgan fingerprint density at radius 1 is 1.44 bits per heavy atom. The highest BCUT2D eigenvalue weighted by atomic mass is 31.2. The molecule has 1 aliphatic heterocycles. The average molecular weight is 272 g/mol. The molecule has 2 atom stereocenters. The van der Waals surface area contributed by atoms with E-state index in [9.17, 15) is 14.8 Å². The minimum absolute atomic E-state index is 0.00155. The predicted octanol–water partition coefficient (Wildman–Crippen LogP) is 2.66. The molecule has 0 amide bonds. The molecule has 2 unspecified atom stereocenters. The molecular formula is C12H17O5P. The van der Waals surface area contributed by atoms with Crippen molar-refractivity contribution < 1.29 is 23.8 Å². The van der Waals surface area contributed by atoms with Crippen LogP contribution in [-0.2, 0) is 20.0 Å². The zero-order valence-electron chi connectivity index (χ0n) is 10.2. The van der Waals surface area contributed by atoms with Crippen molar-refractivity contribution in [3.63, 3.8) is 0 Å². The van der Waals surface area contributed by atoms with Gasteiger partial charge in [-0.05, 0) is 31.4 Å². The van der Waals surface area contributed by atoms with Crippen LogP contribution in [0.1, 0.15) is 18.9 Å². The molecule has 0 aromatic heterocycles. The van der Waals surface area contributed by atoms with Gasteiger partial charge in [-0.25, -0.2) is 0 Å². The molecule has 1 aromatic rings. The van der Waals surface area contributed by atoms with Crippen LogP contribution in [0.2, 0.25) is 0 Å². The Kier molecular flexibility index (Phi) is 3.95. The molecule has 0 radical (unpaired) electrons. The molecule has 2 rings (SSSR count). The molecule has 0 aliphatic carbocycles. The summed E-state index contributed by atoms with van der Waals surface area (Å²) in [5.41, 5.74) is 0.619. The molecule has 1 fully saturated rings. The van der Waals surface area contributed by atoms with Gasteiger partial charge in [-0.2, -0.15) is 0 Å². The van der Waals surface area contributed by atoms with Crippen LogP contribution in [0, 0.1) is 0 Å². The van der Waals surface area contributed by atoms with Gasteiger partial charge in [-0.1, -0.05) is 6.07 Å². The Morgan fingerprint density at radius 3 is 2.89 bits per heavy atom. The van der Waals surface area contributed by atoms with E-state index in [0.717, 1.165) is 6.42 Å². The Morgan fingerprint density at radius 2 is 2.22 bits per heavy atom. The Bertz CT molecular complexity index is 474. The summed E-state index contributed by atoms with van der Waals surface area (Å²) in [6, 6.07) is 4.34. The number of hydrogen-bond acceptors (Lipinski definition) is 5. The van der Waals surface area contributed by atoms with E-state index in [0.29, 0.717) is 18.6 Å². The first-order valence-electron chi connectivity index (χ1n) is 5.91. The van der Waals surface area contributed by atoms with Crippen LogP contribution in [0.25, 0.3) is 0 Å². The standard InChI is InChI=1S/C12H17O5P/c1-9-4-6-16-18(15,17-9)7-5-10-2-3-11(13)8-12(10)14/h2-3,8-9,13-14H,4-7H2,1H3. The number of rotatable bonds is 3. The van der Waals surface area contributed by atoms with Crippen molar-refractivity contribution in [2.45, 2.75) is 25.9 Å². The van der Waals surface area contributed by atoms with Gasteiger partial charge in [0.25, 0.3) is 0 Å². The van der Waals surface area contributed by atoms with E-state index < -0.39 is 7.60 Å². The number of aromatic hydroxyl groups is 2. The van der Waals surface area contributed by atoms with E-state index in [1.165, 1.54) is 12.1 Å². The smallest absolute Gasteiger partial charge is 0.331 e. The molecular weight excluding hydrogens is 255 g/mol. The summed E-state index contributed by atoms with van der Waals surface area (Å²) in [5.74, 6) is -0.00618. The van der Waals surface area contributed by atoms with Crippen molar-refractivity contribution in [1.82, 2.24) is 0 Å². The van der Waals surface area contributed by atoms with E-state index in [1.807, 2.05) is 6.92 Å². The van der Waals surface area contributed by atoms with Crippen LogP contribution in [0.5, 0.6) is 11.5 Å². The lowest BCUT2D eigenvalue weighted by atomic mass is 10.1. The zero-order chi connectivity index (χ0) is 13.2. The summed E-state index contributed by atoms with van der Waals surface area (Å²) < 4.78 is 22.8. The molecule has 0 saturated carbocycles. The first kappa shape index (κ1) is 13.4. The number of phenolic OH excluding ortho intramolecular Hbond substituents is 2. The Labute approximate surface area is 106 Å². The molecule has 100 valence electrons. The normalized spacial score (nSPS) is 28.2. The van der Waals surface area contributed by atoms with Crippen LogP contribution in [-0.4, -0.2) is 29.1 Å². The summed E-state index contributed by atoms with van der Waals surface area (Å²) in [4.78, 5) is 0. The van der Waals surface area contributed by atoms with Crippen LogP contribution in [0.3, 0.4) is 0 Å². The number of benzene rings is 1. The molecule has 5 nitrogen and oxygen atoms in total. The minimum atomic E-state index is -3.04. The molecule has 2 N–H and O–H groups in total. The van der Waals surface area contributed by atoms with Crippen LogP contribution in [0.15, 0.2) is 18.2 Å². The van der Waals surface area contributed by atoms with Crippen LogP contribution in [0.4, 0.5) is 0 Å². The fraction of sp³-hybridized carbons (Fsp3) is 0.500. The minimum Gasteiger partial charge on any atom is -0.508 e. The second-order valence-corrected chi connectivity index (χ2v) is 6.57. The second kappa shape index (κ2) is 5.31. The van der Waals surface area contributed by atoms with Gasteiger partial charge in [-0.15, -0.1) is 0 Å². The summed E-state index contributed by atoms with van der Waals surface area (Å²) in [6.45, 7) is 2.31. The summed E-state index contributed by atoms with van der Waals surface area (Å²) in [5, 5.41) is 18.8. The summed E-state index contributed by atoms with van der Waals surface area (Å²) >= 11 is 0. The van der Waals surface area contributed by atoms with E-state index in [-0.39, 0.29) is 23.8 Å². The van der Waals surface area contributed by atoms with E-state index in [4.69, 9.17) is 9.05 Å². The third-order valence-corrected chi connectivity index (χ3v) is 4.91. The number of hydrogen-bond donors (Lipinski definition) is 2. The van der Waals surface area contributed by atoms with Crippen molar-refractivity contribution in [2.75, 3.05) is 12.8 Å². The largest absolute Gasteiger partial charge is 0.508 e. The maximum absolute atomic E-state index is 12.2. The van der Waals surface area contributed by atoms with Gasteiger partial charge in [-0.3, -0.25) is 4.57 Å². The summed E-state index contributed by atoms with van der Waals surface area (Å²) in [7, 11) is -3.04. The molecule has 1 aromatic carbocycles. The van der Waals surface area contributed by atoms with E-state index in [1.54, 1.807) is 6.07 Å². The molecule has 6 heteroatoms. The topological polar surface area (TPSA) is 76.0 Å². The number of phenols is 2. The van der Waals surface area contributed by atoms with Gasteiger partial charge in [0, 0.05) is 6.07 Å². The second-order valence-electron chi connectivity index (χ2n) is 4.44. The maximum Gasteiger partial charge on any atom is 0.331 e. The third-order valence-electron chi connectivity index (χ3n) is 2.88. The van der Waals surface area contributed by atoms with E-state index >= 15 is 0 Å². The fourth-order valence-electron chi connectivity index (χ4n) is 1.85. The molecule has 1 heterocycles. The van der Waals surface area contributed by atoms with Crippen molar-refractivity contribution in [3.05, 3.63) is 23.8 Å². The van der Waals surface area contributed by atoms with Gasteiger partial charge in [0.05, 0.1) is 18.9 Å².